The fraction of sp³-hybridized carbons (Fsp3) is 0.118. The Morgan fingerprint density at radius 3 is 2.80 bits per heavy atom. The first-order valence-electron chi connectivity index (χ1n) is 7.57. The Morgan fingerprint density at radius 2 is 2.04 bits per heavy atom. The van der Waals surface area contributed by atoms with E-state index in [-0.39, 0.29) is 17.5 Å². The maximum absolute atomic E-state index is 12.8. The lowest BCUT2D eigenvalue weighted by Crippen LogP contribution is -2.26. The van der Waals surface area contributed by atoms with Crippen molar-refractivity contribution in [1.82, 2.24) is 14.7 Å². The number of rotatable bonds is 3. The number of nitrogens with zero attached hydrogens (tertiary/aromatic N) is 1. The highest BCUT2D eigenvalue weighted by Gasteiger charge is 2.20. The normalized spacial score (nSPS) is 12.5. The van der Waals surface area contributed by atoms with Crippen LogP contribution in [-0.2, 0) is 0 Å². The predicted octanol–water partition coefficient (Wildman–Crippen LogP) is 4.12. The van der Waals surface area contributed by atoms with E-state index >= 15 is 0 Å². The smallest absolute Gasteiger partial charge is 0.269 e. The molecule has 126 valence electrons. The molecule has 1 aromatic carbocycles. The zero-order chi connectivity index (χ0) is 17.6. The Kier molecular flexibility index (Phi) is 4.03. The molecule has 3 heterocycles. The van der Waals surface area contributed by atoms with E-state index in [4.69, 9.17) is 12.2 Å². The quantitative estimate of drug-likeness (QED) is 0.520. The van der Waals surface area contributed by atoms with Gasteiger partial charge < -0.3 is 10.3 Å². The van der Waals surface area contributed by atoms with Crippen molar-refractivity contribution in [2.24, 2.45) is 0 Å². The Bertz CT molecular complexity index is 1200. The summed E-state index contributed by atoms with van der Waals surface area (Å²) >= 11 is 7.98. The van der Waals surface area contributed by atoms with Gasteiger partial charge in [0.25, 0.3) is 11.5 Å². The molecule has 0 aliphatic heterocycles. The fourth-order valence-corrected chi connectivity index (χ4v) is 4.82. The maximum Gasteiger partial charge on any atom is 0.269 e. The second-order valence-electron chi connectivity index (χ2n) is 5.58. The van der Waals surface area contributed by atoms with Crippen molar-refractivity contribution in [3.05, 3.63) is 66.5 Å². The van der Waals surface area contributed by atoms with Crippen LogP contribution in [0.5, 0.6) is 0 Å². The molecule has 8 heteroatoms. The summed E-state index contributed by atoms with van der Waals surface area (Å²) in [6.45, 7) is 1.92. The lowest BCUT2D eigenvalue weighted by atomic mass is 10.1. The molecular formula is C17H13N3O2S3. The van der Waals surface area contributed by atoms with E-state index in [2.05, 4.69) is 10.3 Å². The monoisotopic (exact) mass is 387 g/mol. The number of nitrogens with one attached hydrogen (secondary N) is 2. The van der Waals surface area contributed by atoms with Crippen LogP contribution in [0, 0.1) is 3.95 Å². The Labute approximate surface area is 155 Å². The standard InChI is InChI=1S/C17H13N3O2S3/c1-9(10-5-3-2-4-6-10)18-16(22)13-14-19-15(21)12-11(7-8-24-12)20(14)17(23)25-13/h2-9H,1H3,(H,18,22)(H,19,21). The molecule has 0 bridgehead atoms. The third-order valence-electron chi connectivity index (χ3n) is 3.99. The summed E-state index contributed by atoms with van der Waals surface area (Å²) < 4.78 is 2.90. The molecule has 1 unspecified atom stereocenters. The minimum absolute atomic E-state index is 0.152. The average molecular weight is 388 g/mol. The van der Waals surface area contributed by atoms with Gasteiger partial charge in [0.05, 0.1) is 11.6 Å². The van der Waals surface area contributed by atoms with Crippen molar-refractivity contribution >= 4 is 56.7 Å². The third-order valence-corrected chi connectivity index (χ3v) is 6.26. The number of fused-ring (bicyclic) bond motifs is 3. The summed E-state index contributed by atoms with van der Waals surface area (Å²) in [6.07, 6.45) is 0. The van der Waals surface area contributed by atoms with Gasteiger partial charge in [-0.25, -0.2) is 0 Å². The zero-order valence-corrected chi connectivity index (χ0v) is 15.6. The van der Waals surface area contributed by atoms with Crippen molar-refractivity contribution in [2.75, 3.05) is 0 Å². The van der Waals surface area contributed by atoms with Crippen LogP contribution in [0.1, 0.15) is 28.2 Å². The molecule has 1 atom stereocenters. The number of thiophene rings is 1. The number of hydrogen-bond acceptors (Lipinski definition) is 5. The summed E-state index contributed by atoms with van der Waals surface area (Å²) in [5.41, 5.74) is 1.99. The summed E-state index contributed by atoms with van der Waals surface area (Å²) in [5.74, 6) is -0.250. The van der Waals surface area contributed by atoms with Crippen LogP contribution in [0.3, 0.4) is 0 Å². The molecule has 4 rings (SSSR count). The van der Waals surface area contributed by atoms with Gasteiger partial charge >= 0.3 is 0 Å². The molecule has 0 saturated carbocycles. The molecule has 0 radical (unpaired) electrons. The lowest BCUT2D eigenvalue weighted by molar-refractivity contribution is 0.0945. The first kappa shape index (κ1) is 16.2. The highest BCUT2D eigenvalue weighted by molar-refractivity contribution is 7.73. The summed E-state index contributed by atoms with van der Waals surface area (Å²) in [4.78, 5) is 28.2. The molecule has 0 aliphatic carbocycles. The van der Waals surface area contributed by atoms with Gasteiger partial charge in [0.2, 0.25) is 0 Å². The summed E-state index contributed by atoms with van der Waals surface area (Å²) in [5, 5.41) is 4.81. The molecule has 1 amide bonds. The first-order chi connectivity index (χ1) is 12.1. The SMILES string of the molecule is CC(NC(=O)c1sc(=S)n2c1[nH]c(=O)c1sccc12)c1ccccc1. The second-order valence-corrected chi connectivity index (χ2v) is 8.14. The van der Waals surface area contributed by atoms with Crippen LogP contribution >= 0.6 is 34.9 Å². The van der Waals surface area contributed by atoms with Gasteiger partial charge in [-0.05, 0) is 36.2 Å². The van der Waals surface area contributed by atoms with Crippen molar-refractivity contribution < 1.29 is 4.79 Å². The van der Waals surface area contributed by atoms with Gasteiger partial charge in [-0.2, -0.15) is 0 Å². The van der Waals surface area contributed by atoms with Gasteiger partial charge in [0.15, 0.2) is 3.95 Å². The Hall–Kier alpha value is -2.29. The van der Waals surface area contributed by atoms with Crippen LogP contribution in [0.15, 0.2) is 46.6 Å². The third kappa shape index (κ3) is 2.72. The molecule has 3 aromatic heterocycles. The Balaban J connectivity index is 1.79. The molecule has 0 saturated heterocycles. The molecule has 0 aliphatic rings. The van der Waals surface area contributed by atoms with Gasteiger partial charge in [-0.3, -0.25) is 14.0 Å². The molecule has 5 nitrogen and oxygen atoms in total. The van der Waals surface area contributed by atoms with E-state index in [1.165, 1.54) is 22.7 Å². The number of carbonyl (C=O) groups excluding carboxylic acids is 1. The fourth-order valence-electron chi connectivity index (χ4n) is 2.76. The van der Waals surface area contributed by atoms with Crippen molar-refractivity contribution in [3.8, 4) is 0 Å². The van der Waals surface area contributed by atoms with Crippen molar-refractivity contribution in [2.45, 2.75) is 13.0 Å². The van der Waals surface area contributed by atoms with Crippen LogP contribution in [0.4, 0.5) is 0 Å². The van der Waals surface area contributed by atoms with Gasteiger partial charge in [-0.15, -0.1) is 11.3 Å². The lowest BCUT2D eigenvalue weighted by Gasteiger charge is -2.13. The number of carbonyl (C=O) groups is 1. The summed E-state index contributed by atoms with van der Waals surface area (Å²) in [7, 11) is 0. The number of amides is 1. The number of aromatic nitrogens is 2. The molecule has 4 aromatic rings. The Morgan fingerprint density at radius 1 is 1.28 bits per heavy atom. The topological polar surface area (TPSA) is 66.4 Å². The minimum Gasteiger partial charge on any atom is -0.345 e. The molecule has 2 N–H and O–H groups in total. The van der Waals surface area contributed by atoms with E-state index in [1.807, 2.05) is 48.7 Å². The molecule has 0 fully saturated rings. The highest BCUT2D eigenvalue weighted by Crippen LogP contribution is 2.25. The van der Waals surface area contributed by atoms with E-state index in [9.17, 15) is 9.59 Å². The number of hydrogen-bond donors (Lipinski definition) is 2. The maximum atomic E-state index is 12.8. The largest absolute Gasteiger partial charge is 0.345 e. The average Bonchev–Trinajstić information content (AvgIpc) is 3.21. The van der Waals surface area contributed by atoms with Crippen molar-refractivity contribution in [1.29, 1.82) is 0 Å². The second kappa shape index (κ2) is 6.21. The number of benzene rings is 1. The van der Waals surface area contributed by atoms with Crippen LogP contribution in [0.2, 0.25) is 0 Å². The number of thiazole rings is 1. The van der Waals surface area contributed by atoms with Crippen LogP contribution in [0.25, 0.3) is 15.9 Å². The minimum atomic E-state index is -0.250. The molecule has 25 heavy (non-hydrogen) atoms. The van der Waals surface area contributed by atoms with E-state index in [0.29, 0.717) is 19.2 Å². The van der Waals surface area contributed by atoms with E-state index < -0.39 is 0 Å². The highest BCUT2D eigenvalue weighted by atomic mass is 32.1. The predicted molar refractivity (Wildman–Crippen MR) is 104 cm³/mol. The van der Waals surface area contributed by atoms with E-state index in [0.717, 1.165) is 11.1 Å². The zero-order valence-electron chi connectivity index (χ0n) is 13.1. The van der Waals surface area contributed by atoms with Gasteiger partial charge in [-0.1, -0.05) is 41.7 Å². The number of aromatic amines is 1. The summed E-state index contributed by atoms with van der Waals surface area (Å²) in [6, 6.07) is 11.4. The van der Waals surface area contributed by atoms with E-state index in [1.54, 1.807) is 4.40 Å². The molecule has 0 spiro atoms. The van der Waals surface area contributed by atoms with Crippen LogP contribution < -0.4 is 10.9 Å². The number of H-pyrrole nitrogens is 1. The van der Waals surface area contributed by atoms with Gasteiger partial charge in [0, 0.05) is 0 Å². The van der Waals surface area contributed by atoms with Crippen LogP contribution in [-0.4, -0.2) is 15.3 Å². The molecular weight excluding hydrogens is 374 g/mol. The first-order valence-corrected chi connectivity index (χ1v) is 9.67. The van der Waals surface area contributed by atoms with Crippen molar-refractivity contribution in [3.63, 3.8) is 0 Å². The van der Waals surface area contributed by atoms with Gasteiger partial charge in [0.1, 0.15) is 15.2 Å².